The second-order valence-corrected chi connectivity index (χ2v) is 7.98. The van der Waals surface area contributed by atoms with Gasteiger partial charge in [-0.2, -0.15) is 0 Å². The average molecular weight is 422 g/mol. The van der Waals surface area contributed by atoms with Crippen molar-refractivity contribution in [2.24, 2.45) is 0 Å². The van der Waals surface area contributed by atoms with Crippen LogP contribution in [0.15, 0.2) is 59.4 Å². The van der Waals surface area contributed by atoms with Gasteiger partial charge in [0.2, 0.25) is 5.56 Å². The van der Waals surface area contributed by atoms with Crippen molar-refractivity contribution in [1.29, 1.82) is 0 Å². The molecule has 1 aliphatic heterocycles. The summed E-state index contributed by atoms with van der Waals surface area (Å²) in [6.07, 6.45) is 3.28. The molecule has 1 aliphatic rings. The largest absolute Gasteiger partial charge is 0.495 e. The fourth-order valence-electron chi connectivity index (χ4n) is 4.17. The monoisotopic (exact) mass is 421 g/mol. The summed E-state index contributed by atoms with van der Waals surface area (Å²) in [5.41, 5.74) is 1.91. The number of benzene rings is 2. The van der Waals surface area contributed by atoms with Gasteiger partial charge in [-0.05, 0) is 68.1 Å². The van der Waals surface area contributed by atoms with Crippen molar-refractivity contribution in [3.05, 3.63) is 65.0 Å². The molecule has 3 aromatic rings. The molecule has 1 fully saturated rings. The van der Waals surface area contributed by atoms with Gasteiger partial charge in [0.25, 0.3) is 0 Å². The molecule has 1 N–H and O–H groups in total. The second kappa shape index (κ2) is 10.4. The average Bonchev–Trinajstić information content (AvgIpc) is 3.04. The number of hydrogen-bond acceptors (Lipinski definition) is 5. The first-order chi connectivity index (χ1) is 15.2. The third-order valence-electron chi connectivity index (χ3n) is 5.85. The Kier molecular flexibility index (Phi) is 7.10. The Morgan fingerprint density at radius 1 is 0.968 bits per heavy atom. The summed E-state index contributed by atoms with van der Waals surface area (Å²) in [6.45, 7) is 6.05. The number of anilines is 1. The minimum Gasteiger partial charge on any atom is -0.495 e. The van der Waals surface area contributed by atoms with E-state index in [0.717, 1.165) is 74.4 Å². The van der Waals surface area contributed by atoms with E-state index in [4.69, 9.17) is 9.47 Å². The molecule has 0 unspecified atom stereocenters. The number of H-pyrrole nitrogens is 1. The van der Waals surface area contributed by atoms with Gasteiger partial charge in [-0.1, -0.05) is 12.1 Å². The molecule has 1 aromatic heterocycles. The van der Waals surface area contributed by atoms with Crippen molar-refractivity contribution < 1.29 is 9.47 Å². The van der Waals surface area contributed by atoms with Gasteiger partial charge >= 0.3 is 0 Å². The van der Waals surface area contributed by atoms with Gasteiger partial charge in [0.05, 0.1) is 24.9 Å². The van der Waals surface area contributed by atoms with E-state index in [1.807, 2.05) is 36.4 Å². The Bertz CT molecular complexity index is 1050. The van der Waals surface area contributed by atoms with Gasteiger partial charge in [0, 0.05) is 31.8 Å². The highest BCUT2D eigenvalue weighted by Crippen LogP contribution is 2.28. The molecule has 0 atom stereocenters. The predicted octanol–water partition coefficient (Wildman–Crippen LogP) is 3.91. The van der Waals surface area contributed by atoms with E-state index in [2.05, 4.69) is 26.9 Å². The number of rotatable bonds is 8. The smallest absolute Gasteiger partial charge is 0.248 e. The zero-order chi connectivity index (χ0) is 21.5. The molecule has 0 bridgehead atoms. The Balaban J connectivity index is 1.20. The van der Waals surface area contributed by atoms with Crippen LogP contribution in [0.1, 0.15) is 19.3 Å². The molecule has 0 saturated carbocycles. The van der Waals surface area contributed by atoms with Gasteiger partial charge < -0.3 is 24.3 Å². The van der Waals surface area contributed by atoms with E-state index < -0.39 is 0 Å². The zero-order valence-corrected chi connectivity index (χ0v) is 18.2. The number of methoxy groups -OCH3 is 1. The third kappa shape index (κ3) is 5.58. The highest BCUT2D eigenvalue weighted by molar-refractivity contribution is 5.79. The lowest BCUT2D eigenvalue weighted by atomic mass is 10.2. The van der Waals surface area contributed by atoms with Crippen LogP contribution in [-0.2, 0) is 0 Å². The van der Waals surface area contributed by atoms with Crippen LogP contribution < -0.4 is 19.9 Å². The maximum atomic E-state index is 11.5. The van der Waals surface area contributed by atoms with Gasteiger partial charge in [-0.25, -0.2) is 0 Å². The van der Waals surface area contributed by atoms with Crippen LogP contribution in [0.25, 0.3) is 10.9 Å². The first kappa shape index (κ1) is 21.2. The molecular formula is C25H31N3O3. The molecule has 6 heteroatoms. The van der Waals surface area contributed by atoms with E-state index in [0.29, 0.717) is 6.61 Å². The lowest BCUT2D eigenvalue weighted by Gasteiger charge is -2.25. The summed E-state index contributed by atoms with van der Waals surface area (Å²) < 4.78 is 11.4. The number of fused-ring (bicyclic) bond motifs is 1. The maximum Gasteiger partial charge on any atom is 0.248 e. The van der Waals surface area contributed by atoms with Crippen molar-refractivity contribution in [2.75, 3.05) is 51.3 Å². The first-order valence-corrected chi connectivity index (χ1v) is 11.1. The fourth-order valence-corrected chi connectivity index (χ4v) is 4.17. The number of pyridine rings is 1. The van der Waals surface area contributed by atoms with Crippen LogP contribution >= 0.6 is 0 Å². The summed E-state index contributed by atoms with van der Waals surface area (Å²) in [6, 6.07) is 17.5. The van der Waals surface area contributed by atoms with E-state index >= 15 is 0 Å². The molecule has 31 heavy (non-hydrogen) atoms. The van der Waals surface area contributed by atoms with Gasteiger partial charge in [0.1, 0.15) is 11.5 Å². The van der Waals surface area contributed by atoms with E-state index in [-0.39, 0.29) is 5.56 Å². The number of hydrogen-bond donors (Lipinski definition) is 1. The number of unbranched alkanes of at least 4 members (excludes halogenated alkanes) is 1. The summed E-state index contributed by atoms with van der Waals surface area (Å²) in [5.74, 6) is 1.75. The van der Waals surface area contributed by atoms with E-state index in [9.17, 15) is 4.79 Å². The number of nitrogens with zero attached hydrogens (tertiary/aromatic N) is 2. The number of nitrogens with one attached hydrogen (secondary N) is 1. The number of aromatic amines is 1. The fraction of sp³-hybridized carbons (Fsp3) is 0.400. The number of aromatic nitrogens is 1. The topological polar surface area (TPSA) is 57.8 Å². The van der Waals surface area contributed by atoms with Gasteiger partial charge in [0.15, 0.2) is 0 Å². The van der Waals surface area contributed by atoms with E-state index in [1.54, 1.807) is 13.2 Å². The van der Waals surface area contributed by atoms with Crippen molar-refractivity contribution in [3.63, 3.8) is 0 Å². The SMILES string of the molecule is COc1ccccc1N1CCCN(CCCCOc2ccc3ccc(=O)[nH]c3c2)CC1. The lowest BCUT2D eigenvalue weighted by Crippen LogP contribution is -2.31. The molecule has 0 radical (unpaired) electrons. The van der Waals surface area contributed by atoms with Crippen molar-refractivity contribution in [2.45, 2.75) is 19.3 Å². The molecular weight excluding hydrogens is 390 g/mol. The minimum atomic E-state index is -0.0913. The van der Waals surface area contributed by atoms with Crippen LogP contribution in [0.3, 0.4) is 0 Å². The molecule has 6 nitrogen and oxygen atoms in total. The normalized spacial score (nSPS) is 15.1. The number of ether oxygens (including phenoxy) is 2. The zero-order valence-electron chi connectivity index (χ0n) is 18.2. The third-order valence-corrected chi connectivity index (χ3v) is 5.85. The molecule has 2 heterocycles. The standard InChI is InChI=1S/C25H31N3O3/c1-30-24-8-3-2-7-23(24)28-15-6-14-27(16-17-28)13-4-5-18-31-21-11-9-20-10-12-25(29)26-22(20)19-21/h2-3,7-12,19H,4-6,13-18H2,1H3,(H,26,29). The Labute approximate surface area is 183 Å². The molecule has 4 rings (SSSR count). The Morgan fingerprint density at radius 2 is 1.84 bits per heavy atom. The molecule has 0 spiro atoms. The van der Waals surface area contributed by atoms with Crippen LogP contribution in [0.4, 0.5) is 5.69 Å². The van der Waals surface area contributed by atoms with Gasteiger partial charge in [-0.15, -0.1) is 0 Å². The van der Waals surface area contributed by atoms with Crippen molar-refractivity contribution in [1.82, 2.24) is 9.88 Å². The van der Waals surface area contributed by atoms with Crippen molar-refractivity contribution >= 4 is 16.6 Å². The highest BCUT2D eigenvalue weighted by atomic mass is 16.5. The lowest BCUT2D eigenvalue weighted by molar-refractivity contribution is 0.261. The van der Waals surface area contributed by atoms with Crippen LogP contribution in [-0.4, -0.2) is 56.3 Å². The summed E-state index contributed by atoms with van der Waals surface area (Å²) in [7, 11) is 1.74. The van der Waals surface area contributed by atoms with Crippen LogP contribution in [0.5, 0.6) is 11.5 Å². The maximum absolute atomic E-state index is 11.5. The number of para-hydroxylation sites is 2. The summed E-state index contributed by atoms with van der Waals surface area (Å²) in [5, 5.41) is 1.01. The first-order valence-electron chi connectivity index (χ1n) is 11.1. The summed E-state index contributed by atoms with van der Waals surface area (Å²) >= 11 is 0. The molecule has 2 aromatic carbocycles. The van der Waals surface area contributed by atoms with E-state index in [1.165, 1.54) is 5.69 Å². The summed E-state index contributed by atoms with van der Waals surface area (Å²) in [4.78, 5) is 19.3. The molecule has 0 aliphatic carbocycles. The highest BCUT2D eigenvalue weighted by Gasteiger charge is 2.17. The quantitative estimate of drug-likeness (QED) is 0.559. The second-order valence-electron chi connectivity index (χ2n) is 7.98. The van der Waals surface area contributed by atoms with Crippen LogP contribution in [0, 0.1) is 0 Å². The van der Waals surface area contributed by atoms with Gasteiger partial charge in [-0.3, -0.25) is 4.79 Å². The van der Waals surface area contributed by atoms with Crippen LogP contribution in [0.2, 0.25) is 0 Å². The molecule has 0 amide bonds. The minimum absolute atomic E-state index is 0.0913. The molecule has 164 valence electrons. The Hall–Kier alpha value is -2.99. The van der Waals surface area contributed by atoms with Crippen molar-refractivity contribution in [3.8, 4) is 11.5 Å². The predicted molar refractivity (Wildman–Crippen MR) is 126 cm³/mol. The molecule has 1 saturated heterocycles. The Morgan fingerprint density at radius 3 is 2.74 bits per heavy atom.